The lowest BCUT2D eigenvalue weighted by Gasteiger charge is -2.46. The molecule has 2 heterocycles. The van der Waals surface area contributed by atoms with E-state index in [1.54, 1.807) is 5.38 Å². The predicted molar refractivity (Wildman–Crippen MR) is 117 cm³/mol. The number of thiazole rings is 1. The van der Waals surface area contributed by atoms with Crippen LogP contribution in [0.25, 0.3) is 0 Å². The fourth-order valence-corrected chi connectivity index (χ4v) is 6.30. The number of ether oxygens (including phenoxy) is 1. The average molecular weight is 455 g/mol. The summed E-state index contributed by atoms with van der Waals surface area (Å²) in [4.78, 5) is 8.05. The van der Waals surface area contributed by atoms with Gasteiger partial charge in [0.25, 0.3) is 10.0 Å². The summed E-state index contributed by atoms with van der Waals surface area (Å²) < 4.78 is 48.5. The Bertz CT molecular complexity index is 984. The minimum atomic E-state index is -4.10. The lowest BCUT2D eigenvalue weighted by Crippen LogP contribution is -2.54. The lowest BCUT2D eigenvalue weighted by atomic mass is 9.87. The first kappa shape index (κ1) is 21.3. The van der Waals surface area contributed by atoms with E-state index in [1.807, 2.05) is 0 Å². The molecule has 1 N–H and O–H groups in total. The van der Waals surface area contributed by atoms with Crippen LogP contribution >= 0.6 is 11.3 Å². The summed E-state index contributed by atoms with van der Waals surface area (Å²) in [6, 6.07) is 3.24. The number of hydrogen-bond acceptors (Lipinski definition) is 7. The van der Waals surface area contributed by atoms with Gasteiger partial charge in [-0.25, -0.2) is 17.8 Å². The Kier molecular flexibility index (Phi) is 6.17. The van der Waals surface area contributed by atoms with E-state index in [1.165, 1.54) is 24.8 Å². The molecule has 2 aromatic rings. The summed E-state index contributed by atoms with van der Waals surface area (Å²) in [5.41, 5.74) is 0.633. The van der Waals surface area contributed by atoms with Crippen LogP contribution < -0.4 is 14.4 Å². The molecule has 1 aromatic carbocycles. The second-order valence-electron chi connectivity index (χ2n) is 7.73. The second-order valence-corrected chi connectivity index (χ2v) is 10.3. The van der Waals surface area contributed by atoms with Crippen LogP contribution in [0.1, 0.15) is 32.6 Å². The molecule has 0 amide bonds. The highest BCUT2D eigenvalue weighted by molar-refractivity contribution is 7.93. The third-order valence-corrected chi connectivity index (χ3v) is 8.19. The maximum Gasteiger partial charge on any atom is 0.266 e. The molecule has 7 nitrogen and oxygen atoms in total. The first-order chi connectivity index (χ1) is 14.4. The molecule has 1 aromatic heterocycles. The van der Waals surface area contributed by atoms with Crippen molar-refractivity contribution in [1.29, 1.82) is 0 Å². The van der Waals surface area contributed by atoms with Crippen LogP contribution in [-0.4, -0.2) is 57.1 Å². The van der Waals surface area contributed by atoms with E-state index < -0.39 is 20.7 Å². The molecular weight excluding hydrogens is 427 g/mol. The molecule has 2 atom stereocenters. The number of halogens is 1. The van der Waals surface area contributed by atoms with Gasteiger partial charge in [-0.3, -0.25) is 4.72 Å². The molecule has 0 spiro atoms. The van der Waals surface area contributed by atoms with Crippen LogP contribution in [-0.2, 0) is 10.0 Å². The Morgan fingerprint density at radius 3 is 2.90 bits per heavy atom. The van der Waals surface area contributed by atoms with E-state index in [9.17, 15) is 8.42 Å². The predicted octanol–water partition coefficient (Wildman–Crippen LogP) is 3.54. The van der Waals surface area contributed by atoms with Crippen molar-refractivity contribution in [2.24, 2.45) is 0 Å². The van der Waals surface area contributed by atoms with Gasteiger partial charge >= 0.3 is 0 Å². The summed E-state index contributed by atoms with van der Waals surface area (Å²) in [5.74, 6) is -0.379. The highest BCUT2D eigenvalue weighted by Crippen LogP contribution is 2.40. The molecule has 10 heteroatoms. The first-order valence-corrected chi connectivity index (χ1v) is 12.6. The smallest absolute Gasteiger partial charge is 0.266 e. The Morgan fingerprint density at radius 2 is 2.17 bits per heavy atom. The molecule has 0 saturated heterocycles. The molecule has 1 fully saturated rings. The molecular formula is C20H27FN4O3S2. The maximum atomic E-state index is 15.0. The second kappa shape index (κ2) is 8.68. The van der Waals surface area contributed by atoms with Gasteiger partial charge in [-0.15, -0.1) is 11.3 Å². The van der Waals surface area contributed by atoms with Gasteiger partial charge in [0, 0.05) is 35.8 Å². The number of sulfonamides is 1. The van der Waals surface area contributed by atoms with Gasteiger partial charge in [-0.05, 0) is 26.4 Å². The number of nitrogens with one attached hydrogen (secondary N) is 1. The molecule has 0 radical (unpaired) electrons. The van der Waals surface area contributed by atoms with Crippen molar-refractivity contribution in [3.8, 4) is 5.75 Å². The minimum Gasteiger partial charge on any atom is -0.490 e. The molecule has 1 aliphatic heterocycles. The first-order valence-electron chi connectivity index (χ1n) is 10.3. The van der Waals surface area contributed by atoms with Gasteiger partial charge in [0.2, 0.25) is 0 Å². The monoisotopic (exact) mass is 454 g/mol. The molecule has 2 aliphatic rings. The Hall–Kier alpha value is -1.91. The van der Waals surface area contributed by atoms with Gasteiger partial charge in [0.1, 0.15) is 23.1 Å². The van der Waals surface area contributed by atoms with Crippen LogP contribution in [0.15, 0.2) is 28.6 Å². The number of anilines is 2. The summed E-state index contributed by atoms with van der Waals surface area (Å²) >= 11 is 1.14. The highest BCUT2D eigenvalue weighted by Gasteiger charge is 2.36. The summed E-state index contributed by atoms with van der Waals surface area (Å²) in [6.45, 7) is 4.20. The van der Waals surface area contributed by atoms with Crippen LogP contribution in [0.3, 0.4) is 0 Å². The van der Waals surface area contributed by atoms with Crippen molar-refractivity contribution in [2.45, 2.75) is 49.6 Å². The Balaban J connectivity index is 1.67. The number of rotatable bonds is 6. The van der Waals surface area contributed by atoms with Crippen LogP contribution in [0, 0.1) is 5.82 Å². The summed E-state index contributed by atoms with van der Waals surface area (Å²) in [6.07, 6.45) is 5.95. The van der Waals surface area contributed by atoms with Gasteiger partial charge in [0.15, 0.2) is 5.13 Å². The lowest BCUT2D eigenvalue weighted by molar-refractivity contribution is 0.163. The van der Waals surface area contributed by atoms with Crippen molar-refractivity contribution in [1.82, 2.24) is 9.88 Å². The summed E-state index contributed by atoms with van der Waals surface area (Å²) in [5, 5.41) is 1.85. The Labute approximate surface area is 180 Å². The standard InChI is InChI=1S/C20H27FN4O3S2/c1-3-24(2)15-6-4-5-7-16(15)25-9-10-28-18-13-19(14(21)12-17(18)25)30(26,27)23-20-22-8-11-29-20/h8,11-13,15-16H,3-7,9-10H2,1-2H3,(H,22,23)/t15-,16-/m0/s1. The fourth-order valence-electron chi connectivity index (χ4n) is 4.44. The van der Waals surface area contributed by atoms with E-state index in [-0.39, 0.29) is 11.2 Å². The van der Waals surface area contributed by atoms with E-state index in [0.29, 0.717) is 30.6 Å². The number of fused-ring (bicyclic) bond motifs is 1. The molecule has 0 unspecified atom stereocenters. The van der Waals surface area contributed by atoms with E-state index in [2.05, 4.69) is 33.5 Å². The minimum absolute atomic E-state index is 0.197. The maximum absolute atomic E-state index is 15.0. The summed E-state index contributed by atoms with van der Waals surface area (Å²) in [7, 11) is -1.97. The van der Waals surface area contributed by atoms with Gasteiger partial charge < -0.3 is 14.5 Å². The Morgan fingerprint density at radius 1 is 1.37 bits per heavy atom. The third-order valence-electron chi connectivity index (χ3n) is 6.02. The van der Waals surface area contributed by atoms with Crippen molar-refractivity contribution in [2.75, 3.05) is 36.4 Å². The highest BCUT2D eigenvalue weighted by atomic mass is 32.2. The van der Waals surface area contributed by atoms with Crippen molar-refractivity contribution < 1.29 is 17.5 Å². The molecule has 4 rings (SSSR count). The van der Waals surface area contributed by atoms with Crippen LogP contribution in [0.2, 0.25) is 0 Å². The van der Waals surface area contributed by atoms with Crippen molar-refractivity contribution in [3.63, 3.8) is 0 Å². The SMILES string of the molecule is CCN(C)[C@H]1CCCC[C@@H]1N1CCOc2cc(S(=O)(=O)Nc3nccs3)c(F)cc21. The van der Waals surface area contributed by atoms with Gasteiger partial charge in [-0.1, -0.05) is 19.8 Å². The zero-order valence-electron chi connectivity index (χ0n) is 17.2. The molecule has 164 valence electrons. The van der Waals surface area contributed by atoms with Gasteiger partial charge in [-0.2, -0.15) is 0 Å². The van der Waals surface area contributed by atoms with E-state index in [0.717, 1.165) is 37.1 Å². The van der Waals surface area contributed by atoms with E-state index in [4.69, 9.17) is 4.74 Å². The van der Waals surface area contributed by atoms with Crippen LogP contribution in [0.4, 0.5) is 15.2 Å². The molecule has 1 aliphatic carbocycles. The quantitative estimate of drug-likeness (QED) is 0.720. The van der Waals surface area contributed by atoms with Crippen LogP contribution in [0.5, 0.6) is 5.75 Å². The number of nitrogens with zero attached hydrogens (tertiary/aromatic N) is 3. The number of benzene rings is 1. The van der Waals surface area contributed by atoms with Gasteiger partial charge in [0.05, 0.1) is 12.2 Å². The van der Waals surface area contributed by atoms with Crippen molar-refractivity contribution in [3.05, 3.63) is 29.5 Å². The van der Waals surface area contributed by atoms with Crippen molar-refractivity contribution >= 4 is 32.2 Å². The molecule has 30 heavy (non-hydrogen) atoms. The number of hydrogen-bond donors (Lipinski definition) is 1. The van der Waals surface area contributed by atoms with E-state index >= 15 is 4.39 Å². The third kappa shape index (κ3) is 4.13. The number of aromatic nitrogens is 1. The topological polar surface area (TPSA) is 74.8 Å². The zero-order valence-corrected chi connectivity index (χ0v) is 18.8. The molecule has 1 saturated carbocycles. The zero-order chi connectivity index (χ0) is 21.3. The number of likely N-dealkylation sites (N-methyl/N-ethyl adjacent to an activating group) is 1. The largest absolute Gasteiger partial charge is 0.490 e. The normalized spacial score (nSPS) is 21.9. The average Bonchev–Trinajstić information content (AvgIpc) is 3.24. The fraction of sp³-hybridized carbons (Fsp3) is 0.550. The molecule has 0 bridgehead atoms.